The van der Waals surface area contributed by atoms with E-state index in [1.165, 1.54) is 19.1 Å². The third-order valence-corrected chi connectivity index (χ3v) is 4.07. The van der Waals surface area contributed by atoms with Gasteiger partial charge >= 0.3 is 0 Å². The first-order chi connectivity index (χ1) is 11.2. The number of rotatable bonds is 6. The van der Waals surface area contributed by atoms with Crippen LogP contribution in [0.5, 0.6) is 0 Å². The molecule has 128 valence electrons. The molecule has 1 aromatic carbocycles. The largest absolute Gasteiger partial charge is 0.355 e. The molecule has 0 radical (unpaired) electrons. The summed E-state index contributed by atoms with van der Waals surface area (Å²) >= 11 is 0. The van der Waals surface area contributed by atoms with Crippen LogP contribution in [0, 0.1) is 25.5 Å². The lowest BCUT2D eigenvalue weighted by Crippen LogP contribution is -2.27. The number of Topliss-reactive ketones (excluding diaryl/α,β-unsaturated/α-hetero) is 2. The molecule has 1 atom stereocenters. The van der Waals surface area contributed by atoms with E-state index in [4.69, 9.17) is 0 Å². The Kier molecular flexibility index (Phi) is 5.29. The van der Waals surface area contributed by atoms with Gasteiger partial charge in [0.15, 0.2) is 11.6 Å². The van der Waals surface area contributed by atoms with Crippen LogP contribution < -0.4 is 5.32 Å². The first kappa shape index (κ1) is 18.0. The highest BCUT2D eigenvalue weighted by Crippen LogP contribution is 2.20. The van der Waals surface area contributed by atoms with Crippen molar-refractivity contribution in [3.8, 4) is 0 Å². The highest BCUT2D eigenvalue weighted by Gasteiger charge is 2.20. The Morgan fingerprint density at radius 3 is 2.46 bits per heavy atom. The Balaban J connectivity index is 2.11. The second-order valence-electron chi connectivity index (χ2n) is 5.87. The van der Waals surface area contributed by atoms with Crippen molar-refractivity contribution < 1.29 is 18.4 Å². The van der Waals surface area contributed by atoms with Crippen molar-refractivity contribution in [1.29, 1.82) is 0 Å². The summed E-state index contributed by atoms with van der Waals surface area (Å²) in [5.41, 5.74) is 2.45. The molecule has 1 heterocycles. The van der Waals surface area contributed by atoms with Gasteiger partial charge in [0.25, 0.3) is 0 Å². The summed E-state index contributed by atoms with van der Waals surface area (Å²) in [4.78, 5) is 26.9. The zero-order valence-corrected chi connectivity index (χ0v) is 14.1. The fourth-order valence-electron chi connectivity index (χ4n) is 2.85. The number of carbonyl (C=O) groups excluding carboxylic acids is 2. The maximum atomic E-state index is 13.7. The predicted molar refractivity (Wildman–Crippen MR) is 87.4 cm³/mol. The lowest BCUT2D eigenvalue weighted by molar-refractivity contribution is 0.0982. The minimum atomic E-state index is -0.659. The second-order valence-corrected chi connectivity index (χ2v) is 5.87. The van der Waals surface area contributed by atoms with E-state index >= 15 is 0 Å². The average molecular weight is 334 g/mol. The van der Waals surface area contributed by atoms with E-state index < -0.39 is 17.7 Å². The Labute approximate surface area is 139 Å². The molecule has 0 amide bonds. The van der Waals surface area contributed by atoms with Gasteiger partial charge in [-0.15, -0.1) is 0 Å². The average Bonchev–Trinajstić information content (AvgIpc) is 2.79. The van der Waals surface area contributed by atoms with Gasteiger partial charge in [0.1, 0.15) is 11.6 Å². The van der Waals surface area contributed by atoms with Crippen molar-refractivity contribution in [2.24, 2.45) is 0 Å². The van der Waals surface area contributed by atoms with Crippen molar-refractivity contribution in [1.82, 2.24) is 10.3 Å². The zero-order chi connectivity index (χ0) is 18.0. The molecule has 0 saturated heterocycles. The fourth-order valence-corrected chi connectivity index (χ4v) is 2.85. The van der Waals surface area contributed by atoms with Crippen LogP contribution in [-0.4, -0.2) is 23.1 Å². The lowest BCUT2D eigenvalue weighted by atomic mass is 10.0. The van der Waals surface area contributed by atoms with Crippen LogP contribution in [0.3, 0.4) is 0 Å². The first-order valence-electron chi connectivity index (χ1n) is 7.64. The van der Waals surface area contributed by atoms with Gasteiger partial charge in [-0.25, -0.2) is 8.78 Å². The van der Waals surface area contributed by atoms with Gasteiger partial charge in [0.2, 0.25) is 0 Å². The van der Waals surface area contributed by atoms with E-state index in [1.807, 2.05) is 0 Å². The van der Waals surface area contributed by atoms with Gasteiger partial charge in [-0.1, -0.05) is 6.07 Å². The molecule has 0 unspecified atom stereocenters. The van der Waals surface area contributed by atoms with Crippen LogP contribution in [0.1, 0.15) is 57.6 Å². The molecule has 0 spiro atoms. The van der Waals surface area contributed by atoms with E-state index in [-0.39, 0.29) is 23.7 Å². The van der Waals surface area contributed by atoms with Crippen molar-refractivity contribution >= 4 is 11.6 Å². The van der Waals surface area contributed by atoms with E-state index in [0.717, 1.165) is 6.07 Å². The Hall–Kier alpha value is -2.34. The number of aryl methyl sites for hydroxylation is 1. The van der Waals surface area contributed by atoms with Crippen LogP contribution in [0.25, 0.3) is 0 Å². The Morgan fingerprint density at radius 2 is 1.92 bits per heavy atom. The number of hydrogen-bond donors (Lipinski definition) is 2. The van der Waals surface area contributed by atoms with Crippen molar-refractivity contribution in [3.63, 3.8) is 0 Å². The molecule has 0 bridgehead atoms. The van der Waals surface area contributed by atoms with Crippen LogP contribution in [0.4, 0.5) is 8.78 Å². The van der Waals surface area contributed by atoms with Gasteiger partial charge in [-0.05, 0) is 39.3 Å². The molecule has 2 N–H and O–H groups in total. The maximum absolute atomic E-state index is 13.7. The summed E-state index contributed by atoms with van der Waals surface area (Å²) in [6.45, 7) is 6.57. The summed E-state index contributed by atoms with van der Waals surface area (Å²) in [5.74, 6) is -1.63. The number of benzene rings is 1. The van der Waals surface area contributed by atoms with Crippen molar-refractivity contribution in [3.05, 3.63) is 57.9 Å². The number of hydrogen-bond acceptors (Lipinski definition) is 3. The molecule has 24 heavy (non-hydrogen) atoms. The van der Waals surface area contributed by atoms with Crippen LogP contribution in [0.2, 0.25) is 0 Å². The van der Waals surface area contributed by atoms with Crippen molar-refractivity contribution in [2.75, 3.05) is 6.54 Å². The lowest BCUT2D eigenvalue weighted by Gasteiger charge is -2.14. The molecular formula is C18H20F2N2O2. The maximum Gasteiger partial charge on any atom is 0.193 e. The summed E-state index contributed by atoms with van der Waals surface area (Å²) in [6, 6.07) is 2.88. The normalized spacial score (nSPS) is 12.2. The second kappa shape index (κ2) is 7.05. The predicted octanol–water partition coefficient (Wildman–Crippen LogP) is 3.65. The highest BCUT2D eigenvalue weighted by atomic mass is 19.1. The van der Waals surface area contributed by atoms with E-state index in [0.29, 0.717) is 22.5 Å². The summed E-state index contributed by atoms with van der Waals surface area (Å²) in [5, 5.41) is 2.93. The smallest absolute Gasteiger partial charge is 0.193 e. The van der Waals surface area contributed by atoms with Crippen molar-refractivity contribution in [2.45, 2.75) is 33.7 Å². The van der Waals surface area contributed by atoms with Crippen LogP contribution in [0.15, 0.2) is 18.2 Å². The standard InChI is InChI=1S/C18H20F2N2O2/c1-9-17(12(4)23)11(3)22-18(9)16(24)8-21-10(2)14-6-5-13(19)7-15(14)20/h5-7,10,21-22H,8H2,1-4H3/t10-/m1/s1. The molecule has 4 nitrogen and oxygen atoms in total. The monoisotopic (exact) mass is 334 g/mol. The summed E-state index contributed by atoms with van der Waals surface area (Å²) < 4.78 is 26.7. The molecular weight excluding hydrogens is 314 g/mol. The summed E-state index contributed by atoms with van der Waals surface area (Å²) in [6.07, 6.45) is 0. The van der Waals surface area contributed by atoms with Crippen LogP contribution >= 0.6 is 0 Å². The topological polar surface area (TPSA) is 62.0 Å². The number of ketones is 2. The van der Waals surface area contributed by atoms with Gasteiger partial charge in [0.05, 0.1) is 12.2 Å². The van der Waals surface area contributed by atoms with Gasteiger partial charge in [0, 0.05) is 28.9 Å². The molecule has 0 aliphatic heterocycles. The van der Waals surface area contributed by atoms with E-state index in [2.05, 4.69) is 10.3 Å². The SMILES string of the molecule is CC(=O)c1c(C)[nH]c(C(=O)CN[C@H](C)c2ccc(F)cc2F)c1C. The number of carbonyl (C=O) groups is 2. The Bertz CT molecular complexity index is 797. The summed E-state index contributed by atoms with van der Waals surface area (Å²) in [7, 11) is 0. The third-order valence-electron chi connectivity index (χ3n) is 4.07. The minimum absolute atomic E-state index is 0.0316. The first-order valence-corrected chi connectivity index (χ1v) is 7.64. The minimum Gasteiger partial charge on any atom is -0.355 e. The van der Waals surface area contributed by atoms with Gasteiger partial charge in [-0.3, -0.25) is 9.59 Å². The highest BCUT2D eigenvalue weighted by molar-refractivity contribution is 6.03. The quantitative estimate of drug-likeness (QED) is 0.793. The fraction of sp³-hybridized carbons (Fsp3) is 0.333. The van der Waals surface area contributed by atoms with Gasteiger partial charge in [-0.2, -0.15) is 0 Å². The number of aromatic amines is 1. The molecule has 0 aliphatic rings. The van der Waals surface area contributed by atoms with Gasteiger partial charge < -0.3 is 10.3 Å². The molecule has 1 aromatic heterocycles. The Morgan fingerprint density at radius 1 is 1.25 bits per heavy atom. The molecule has 2 rings (SSSR count). The molecule has 0 saturated carbocycles. The molecule has 6 heteroatoms. The van der Waals surface area contributed by atoms with E-state index in [1.54, 1.807) is 20.8 Å². The number of halogens is 2. The van der Waals surface area contributed by atoms with E-state index in [9.17, 15) is 18.4 Å². The molecule has 0 fully saturated rings. The molecule has 2 aromatic rings. The number of nitrogens with one attached hydrogen (secondary N) is 2. The number of aromatic nitrogens is 1. The third kappa shape index (κ3) is 3.59. The molecule has 0 aliphatic carbocycles. The van der Waals surface area contributed by atoms with Crippen LogP contribution in [-0.2, 0) is 0 Å². The zero-order valence-electron chi connectivity index (χ0n) is 14.1. The number of H-pyrrole nitrogens is 1.